The van der Waals surface area contributed by atoms with Gasteiger partial charge in [-0.05, 0) is 28.4 Å². The standard InChI is InChI=1S/C12H9BrF2N2O3/c13-7-3-10(9(15)4-8(7)14)17-5-6(1-2-18)11(16-17)12(19)20/h3-5,18H,1-2H2,(H,19,20). The second-order valence-electron chi connectivity index (χ2n) is 3.94. The summed E-state index contributed by atoms with van der Waals surface area (Å²) in [7, 11) is 0. The van der Waals surface area contributed by atoms with E-state index in [4.69, 9.17) is 10.2 Å². The third-order valence-electron chi connectivity index (χ3n) is 2.61. The Bertz CT molecular complexity index is 673. The Hall–Kier alpha value is -1.80. The van der Waals surface area contributed by atoms with Gasteiger partial charge >= 0.3 is 5.97 Å². The van der Waals surface area contributed by atoms with Gasteiger partial charge in [-0.1, -0.05) is 0 Å². The molecule has 0 saturated heterocycles. The minimum absolute atomic E-state index is 0.0324. The Kier molecular flexibility index (Phi) is 4.15. The van der Waals surface area contributed by atoms with Crippen molar-refractivity contribution in [1.82, 2.24) is 9.78 Å². The number of carbonyl (C=O) groups is 1. The number of aromatic carboxylic acids is 1. The van der Waals surface area contributed by atoms with E-state index >= 15 is 0 Å². The number of aliphatic hydroxyl groups is 1. The molecule has 0 fully saturated rings. The van der Waals surface area contributed by atoms with Crippen LogP contribution in [0.1, 0.15) is 16.1 Å². The predicted molar refractivity (Wildman–Crippen MR) is 68.9 cm³/mol. The molecule has 0 saturated carbocycles. The minimum Gasteiger partial charge on any atom is -0.476 e. The molecular formula is C12H9BrF2N2O3. The van der Waals surface area contributed by atoms with Crippen molar-refractivity contribution in [3.05, 3.63) is 45.7 Å². The molecule has 0 bridgehead atoms. The van der Waals surface area contributed by atoms with Crippen LogP contribution in [0, 0.1) is 11.6 Å². The van der Waals surface area contributed by atoms with E-state index in [0.717, 1.165) is 10.7 Å². The van der Waals surface area contributed by atoms with Crippen LogP contribution in [0.3, 0.4) is 0 Å². The van der Waals surface area contributed by atoms with Crippen molar-refractivity contribution in [3.63, 3.8) is 0 Å². The lowest BCUT2D eigenvalue weighted by Gasteiger charge is -2.04. The quantitative estimate of drug-likeness (QED) is 0.831. The molecule has 1 aromatic heterocycles. The summed E-state index contributed by atoms with van der Waals surface area (Å²) in [6.45, 7) is -0.262. The van der Waals surface area contributed by atoms with Crippen LogP contribution in [0.2, 0.25) is 0 Å². The number of nitrogens with zero attached hydrogens (tertiary/aromatic N) is 2. The van der Waals surface area contributed by atoms with E-state index in [9.17, 15) is 13.6 Å². The number of benzene rings is 1. The highest BCUT2D eigenvalue weighted by Gasteiger charge is 2.18. The van der Waals surface area contributed by atoms with Crippen LogP contribution in [-0.4, -0.2) is 32.6 Å². The van der Waals surface area contributed by atoms with E-state index in [-0.39, 0.29) is 34.4 Å². The molecule has 0 aliphatic carbocycles. The maximum atomic E-state index is 13.7. The number of rotatable bonds is 4. The van der Waals surface area contributed by atoms with Gasteiger partial charge in [0.2, 0.25) is 0 Å². The third-order valence-corrected chi connectivity index (χ3v) is 3.22. The maximum Gasteiger partial charge on any atom is 0.356 e. The monoisotopic (exact) mass is 346 g/mol. The van der Waals surface area contributed by atoms with Gasteiger partial charge in [-0.15, -0.1) is 0 Å². The zero-order valence-electron chi connectivity index (χ0n) is 9.98. The molecule has 1 aromatic carbocycles. The summed E-state index contributed by atoms with van der Waals surface area (Å²) in [5.41, 5.74) is -0.108. The molecule has 2 rings (SSSR count). The average molecular weight is 347 g/mol. The molecule has 0 atom stereocenters. The summed E-state index contributed by atoms with van der Waals surface area (Å²) in [6.07, 6.45) is 1.37. The van der Waals surface area contributed by atoms with Gasteiger partial charge in [0.15, 0.2) is 11.5 Å². The third kappa shape index (κ3) is 2.70. The Labute approximate surface area is 120 Å². The highest BCUT2D eigenvalue weighted by atomic mass is 79.9. The van der Waals surface area contributed by atoms with Gasteiger partial charge in [0.05, 0.1) is 4.47 Å². The summed E-state index contributed by atoms with van der Waals surface area (Å²) < 4.78 is 27.9. The second-order valence-corrected chi connectivity index (χ2v) is 4.80. The van der Waals surface area contributed by atoms with Crippen molar-refractivity contribution >= 4 is 21.9 Å². The van der Waals surface area contributed by atoms with Crippen molar-refractivity contribution in [2.75, 3.05) is 6.61 Å². The first-order valence-electron chi connectivity index (χ1n) is 5.51. The van der Waals surface area contributed by atoms with Crippen LogP contribution in [0.5, 0.6) is 0 Å². The lowest BCUT2D eigenvalue weighted by Crippen LogP contribution is -2.04. The smallest absolute Gasteiger partial charge is 0.356 e. The van der Waals surface area contributed by atoms with E-state index in [1.165, 1.54) is 6.20 Å². The zero-order valence-corrected chi connectivity index (χ0v) is 11.6. The second kappa shape index (κ2) is 5.68. The van der Waals surface area contributed by atoms with Gasteiger partial charge in [0.25, 0.3) is 0 Å². The van der Waals surface area contributed by atoms with Gasteiger partial charge in [-0.2, -0.15) is 5.10 Å². The number of aliphatic hydroxyl groups excluding tert-OH is 1. The van der Waals surface area contributed by atoms with Crippen LogP contribution in [0.4, 0.5) is 8.78 Å². The lowest BCUT2D eigenvalue weighted by atomic mass is 10.2. The molecule has 2 N–H and O–H groups in total. The predicted octanol–water partition coefficient (Wildman–Crippen LogP) is 2.15. The Morgan fingerprint density at radius 1 is 1.35 bits per heavy atom. The van der Waals surface area contributed by atoms with E-state index in [1.54, 1.807) is 0 Å². The van der Waals surface area contributed by atoms with Crippen molar-refractivity contribution in [3.8, 4) is 5.69 Å². The van der Waals surface area contributed by atoms with Crippen LogP contribution >= 0.6 is 15.9 Å². The van der Waals surface area contributed by atoms with Crippen LogP contribution in [-0.2, 0) is 6.42 Å². The fraction of sp³-hybridized carbons (Fsp3) is 0.167. The zero-order chi connectivity index (χ0) is 14.9. The molecule has 8 heteroatoms. The summed E-state index contributed by atoms with van der Waals surface area (Å²) >= 11 is 2.92. The highest BCUT2D eigenvalue weighted by Crippen LogP contribution is 2.23. The summed E-state index contributed by atoms with van der Waals surface area (Å²) in [6, 6.07) is 1.83. The topological polar surface area (TPSA) is 75.3 Å². The minimum atomic E-state index is -1.28. The average Bonchev–Trinajstić information content (AvgIpc) is 2.78. The number of carboxylic acid groups (broad SMARTS) is 1. The largest absolute Gasteiger partial charge is 0.476 e. The van der Waals surface area contributed by atoms with E-state index in [1.807, 2.05) is 0 Å². The number of hydrogen-bond acceptors (Lipinski definition) is 3. The van der Waals surface area contributed by atoms with Crippen LogP contribution in [0.15, 0.2) is 22.8 Å². The molecule has 0 aliphatic rings. The number of hydrogen-bond donors (Lipinski definition) is 2. The Morgan fingerprint density at radius 2 is 2.05 bits per heavy atom. The fourth-order valence-electron chi connectivity index (χ4n) is 1.70. The molecule has 0 spiro atoms. The number of halogens is 3. The first kappa shape index (κ1) is 14.6. The summed E-state index contributed by atoms with van der Waals surface area (Å²) in [4.78, 5) is 11.0. The molecule has 0 aliphatic heterocycles. The van der Waals surface area contributed by atoms with Gasteiger partial charge in [0.1, 0.15) is 11.5 Å². The molecule has 0 amide bonds. The van der Waals surface area contributed by atoms with Gasteiger partial charge < -0.3 is 10.2 Å². The number of carboxylic acids is 1. The van der Waals surface area contributed by atoms with Gasteiger partial charge in [0, 0.05) is 24.4 Å². The van der Waals surface area contributed by atoms with E-state index in [0.29, 0.717) is 6.07 Å². The molecule has 2 aromatic rings. The molecule has 106 valence electrons. The maximum absolute atomic E-state index is 13.7. The van der Waals surface area contributed by atoms with Crippen LogP contribution in [0.25, 0.3) is 5.69 Å². The van der Waals surface area contributed by atoms with Gasteiger partial charge in [-0.3, -0.25) is 0 Å². The van der Waals surface area contributed by atoms with Gasteiger partial charge in [-0.25, -0.2) is 18.3 Å². The molecule has 0 unspecified atom stereocenters. The Morgan fingerprint density at radius 3 is 2.65 bits per heavy atom. The molecular weight excluding hydrogens is 338 g/mol. The summed E-state index contributed by atoms with van der Waals surface area (Å²) in [5.74, 6) is -2.93. The SMILES string of the molecule is O=C(O)c1nn(-c2cc(Br)c(F)cc2F)cc1CCO. The van der Waals surface area contributed by atoms with Crippen molar-refractivity contribution < 1.29 is 23.8 Å². The van der Waals surface area contributed by atoms with E-state index < -0.39 is 17.6 Å². The Balaban J connectivity index is 2.56. The summed E-state index contributed by atoms with van der Waals surface area (Å²) in [5, 5.41) is 21.6. The number of aromatic nitrogens is 2. The normalized spacial score (nSPS) is 10.8. The van der Waals surface area contributed by atoms with E-state index in [2.05, 4.69) is 21.0 Å². The van der Waals surface area contributed by atoms with Crippen LogP contribution < -0.4 is 0 Å². The lowest BCUT2D eigenvalue weighted by molar-refractivity contribution is 0.0688. The molecule has 5 nitrogen and oxygen atoms in total. The molecule has 20 heavy (non-hydrogen) atoms. The van der Waals surface area contributed by atoms with Crippen molar-refractivity contribution in [2.24, 2.45) is 0 Å². The van der Waals surface area contributed by atoms with Crippen molar-refractivity contribution in [1.29, 1.82) is 0 Å². The molecule has 1 heterocycles. The fourth-order valence-corrected chi connectivity index (χ4v) is 2.04. The first-order chi connectivity index (χ1) is 9.43. The van der Waals surface area contributed by atoms with Crippen molar-refractivity contribution in [2.45, 2.75) is 6.42 Å². The molecule has 0 radical (unpaired) electrons. The highest BCUT2D eigenvalue weighted by molar-refractivity contribution is 9.10. The first-order valence-corrected chi connectivity index (χ1v) is 6.31.